The lowest BCUT2D eigenvalue weighted by atomic mass is 9.90. The number of thiophene rings is 1. The van der Waals surface area contributed by atoms with E-state index in [-0.39, 0.29) is 17.9 Å². The molecule has 1 saturated heterocycles. The second-order valence-corrected chi connectivity index (χ2v) is 7.84. The van der Waals surface area contributed by atoms with Crippen LogP contribution < -0.4 is 0 Å². The molecule has 0 radical (unpaired) electrons. The molecule has 0 aromatic carbocycles. The second kappa shape index (κ2) is 6.48. The Bertz CT molecular complexity index is 637. The van der Waals surface area contributed by atoms with Crippen molar-refractivity contribution in [3.8, 4) is 0 Å². The Kier molecular flexibility index (Phi) is 4.57. The van der Waals surface area contributed by atoms with E-state index in [0.29, 0.717) is 25.4 Å². The largest absolute Gasteiger partial charge is 0.337 e. The molecular weight excluding hydrogens is 308 g/mol. The van der Waals surface area contributed by atoms with E-state index >= 15 is 0 Å². The Labute approximate surface area is 141 Å². The highest BCUT2D eigenvalue weighted by atomic mass is 32.1. The average Bonchev–Trinajstić information content (AvgIpc) is 3.10. The first-order valence-corrected chi connectivity index (χ1v) is 9.11. The van der Waals surface area contributed by atoms with E-state index in [0.717, 1.165) is 17.7 Å². The minimum absolute atomic E-state index is 0.0177. The summed E-state index contributed by atoms with van der Waals surface area (Å²) in [6.45, 7) is 7.20. The maximum absolute atomic E-state index is 12.8. The predicted octanol–water partition coefficient (Wildman–Crippen LogP) is 2.73. The fourth-order valence-corrected chi connectivity index (χ4v) is 4.74. The number of carbonyl (C=O) groups excluding carboxylic acids is 2. The van der Waals surface area contributed by atoms with Crippen molar-refractivity contribution in [2.24, 2.45) is 5.92 Å². The van der Waals surface area contributed by atoms with Gasteiger partial charge in [0.1, 0.15) is 6.04 Å². The summed E-state index contributed by atoms with van der Waals surface area (Å²) in [5.41, 5.74) is 1.33. The summed E-state index contributed by atoms with van der Waals surface area (Å²) in [5.74, 6) is 0.716. The van der Waals surface area contributed by atoms with Crippen LogP contribution in [0.4, 0.5) is 0 Å². The van der Waals surface area contributed by atoms with Crippen molar-refractivity contribution < 1.29 is 9.59 Å². The van der Waals surface area contributed by atoms with Crippen LogP contribution in [0.15, 0.2) is 18.7 Å². The van der Waals surface area contributed by atoms with Gasteiger partial charge in [0.25, 0.3) is 5.91 Å². The van der Waals surface area contributed by atoms with Gasteiger partial charge in [0.05, 0.1) is 4.88 Å². The standard InChI is InChI=1S/C18H24N2O2S/c1-4-8-20-9-7-14(17(20)21)19(3)18(22)16-11-13-10-12(2)5-6-15(13)23-16/h4,11-12,14H,1,5-10H2,2-3H3/t12-,14+/m0/s1. The topological polar surface area (TPSA) is 40.6 Å². The zero-order chi connectivity index (χ0) is 16.6. The smallest absolute Gasteiger partial charge is 0.264 e. The van der Waals surface area contributed by atoms with Gasteiger partial charge in [-0.25, -0.2) is 0 Å². The van der Waals surface area contributed by atoms with Crippen LogP contribution in [-0.4, -0.2) is 47.8 Å². The van der Waals surface area contributed by atoms with Gasteiger partial charge in [0.2, 0.25) is 5.91 Å². The van der Waals surface area contributed by atoms with E-state index in [2.05, 4.69) is 19.6 Å². The summed E-state index contributed by atoms with van der Waals surface area (Å²) in [4.78, 5) is 30.7. The first-order valence-electron chi connectivity index (χ1n) is 8.29. The molecule has 2 aliphatic rings. The van der Waals surface area contributed by atoms with Gasteiger partial charge in [-0.05, 0) is 43.2 Å². The molecule has 2 heterocycles. The number of nitrogens with zero attached hydrogens (tertiary/aromatic N) is 2. The Balaban J connectivity index is 1.73. The molecule has 0 spiro atoms. The van der Waals surface area contributed by atoms with Crippen LogP contribution >= 0.6 is 11.3 Å². The third-order valence-corrected chi connectivity index (χ3v) is 6.17. The first-order chi connectivity index (χ1) is 11.0. The van der Waals surface area contributed by atoms with Crippen molar-refractivity contribution in [1.29, 1.82) is 0 Å². The number of rotatable bonds is 4. The maximum atomic E-state index is 12.8. The van der Waals surface area contributed by atoms with Gasteiger partial charge < -0.3 is 9.80 Å². The summed E-state index contributed by atoms with van der Waals surface area (Å²) in [6.07, 6.45) is 5.79. The lowest BCUT2D eigenvalue weighted by Gasteiger charge is -2.23. The maximum Gasteiger partial charge on any atom is 0.264 e. The molecule has 0 N–H and O–H groups in total. The molecule has 0 bridgehead atoms. The van der Waals surface area contributed by atoms with E-state index in [9.17, 15) is 9.59 Å². The highest BCUT2D eigenvalue weighted by Crippen LogP contribution is 2.33. The minimum Gasteiger partial charge on any atom is -0.337 e. The molecule has 1 aromatic heterocycles. The number of hydrogen-bond donors (Lipinski definition) is 0. The SMILES string of the molecule is C=CCN1CC[C@@H](N(C)C(=O)c2cc3c(s2)CC[C@H](C)C3)C1=O. The van der Waals surface area contributed by atoms with Crippen LogP contribution in [0.3, 0.4) is 0 Å². The number of fused-ring (bicyclic) bond motifs is 1. The zero-order valence-corrected chi connectivity index (χ0v) is 14.7. The van der Waals surface area contributed by atoms with E-state index < -0.39 is 0 Å². The van der Waals surface area contributed by atoms with E-state index in [4.69, 9.17) is 0 Å². The van der Waals surface area contributed by atoms with Crippen molar-refractivity contribution in [2.45, 2.75) is 38.6 Å². The molecule has 0 unspecified atom stereocenters. The predicted molar refractivity (Wildman–Crippen MR) is 92.8 cm³/mol. The molecule has 23 heavy (non-hydrogen) atoms. The lowest BCUT2D eigenvalue weighted by Crippen LogP contribution is -2.42. The molecule has 5 heteroatoms. The Morgan fingerprint density at radius 1 is 1.52 bits per heavy atom. The first kappa shape index (κ1) is 16.2. The summed E-state index contributed by atoms with van der Waals surface area (Å²) in [7, 11) is 1.75. The van der Waals surface area contributed by atoms with Gasteiger partial charge >= 0.3 is 0 Å². The molecule has 1 aliphatic carbocycles. The number of likely N-dealkylation sites (tertiary alicyclic amines) is 1. The highest BCUT2D eigenvalue weighted by Gasteiger charge is 2.36. The molecule has 2 amide bonds. The Hall–Kier alpha value is -1.62. The molecule has 3 rings (SSSR count). The molecular formula is C18H24N2O2S. The summed E-state index contributed by atoms with van der Waals surface area (Å²) in [5, 5.41) is 0. The van der Waals surface area contributed by atoms with Crippen LogP contribution in [0.2, 0.25) is 0 Å². The summed E-state index contributed by atoms with van der Waals surface area (Å²) < 4.78 is 0. The van der Waals surface area contributed by atoms with Gasteiger partial charge in [-0.1, -0.05) is 13.0 Å². The summed E-state index contributed by atoms with van der Waals surface area (Å²) >= 11 is 1.61. The Morgan fingerprint density at radius 2 is 2.30 bits per heavy atom. The average molecular weight is 332 g/mol. The quantitative estimate of drug-likeness (QED) is 0.796. The van der Waals surface area contributed by atoms with E-state index in [1.165, 1.54) is 16.9 Å². The van der Waals surface area contributed by atoms with Crippen molar-refractivity contribution in [1.82, 2.24) is 9.80 Å². The molecule has 1 fully saturated rings. The molecule has 2 atom stereocenters. The monoisotopic (exact) mass is 332 g/mol. The molecule has 124 valence electrons. The van der Waals surface area contributed by atoms with Crippen LogP contribution in [0, 0.1) is 5.92 Å². The number of hydrogen-bond acceptors (Lipinski definition) is 3. The number of carbonyl (C=O) groups is 2. The zero-order valence-electron chi connectivity index (χ0n) is 13.9. The van der Waals surface area contributed by atoms with Gasteiger partial charge in [0, 0.05) is 25.0 Å². The molecule has 0 saturated carbocycles. The van der Waals surface area contributed by atoms with Crippen LogP contribution in [0.5, 0.6) is 0 Å². The van der Waals surface area contributed by atoms with Crippen LogP contribution in [0.1, 0.15) is 39.9 Å². The van der Waals surface area contributed by atoms with Crippen molar-refractivity contribution in [3.05, 3.63) is 34.0 Å². The molecule has 1 aliphatic heterocycles. The number of amides is 2. The number of likely N-dealkylation sites (N-methyl/N-ethyl adjacent to an activating group) is 1. The Morgan fingerprint density at radius 3 is 3.04 bits per heavy atom. The fraction of sp³-hybridized carbons (Fsp3) is 0.556. The highest BCUT2D eigenvalue weighted by molar-refractivity contribution is 7.14. The van der Waals surface area contributed by atoms with Crippen LogP contribution in [-0.2, 0) is 17.6 Å². The van der Waals surface area contributed by atoms with Crippen molar-refractivity contribution >= 4 is 23.2 Å². The second-order valence-electron chi connectivity index (χ2n) is 6.70. The van der Waals surface area contributed by atoms with Gasteiger partial charge in [-0.3, -0.25) is 9.59 Å². The third kappa shape index (κ3) is 3.07. The minimum atomic E-state index is -0.333. The lowest BCUT2D eigenvalue weighted by molar-refractivity contribution is -0.130. The van der Waals surface area contributed by atoms with Crippen molar-refractivity contribution in [3.63, 3.8) is 0 Å². The third-order valence-electron chi connectivity index (χ3n) is 4.95. The number of aryl methyl sites for hydroxylation is 1. The van der Waals surface area contributed by atoms with Crippen molar-refractivity contribution in [2.75, 3.05) is 20.1 Å². The van der Waals surface area contributed by atoms with Gasteiger partial charge in [0.15, 0.2) is 0 Å². The molecule has 1 aromatic rings. The van der Waals surface area contributed by atoms with Gasteiger partial charge in [-0.15, -0.1) is 17.9 Å². The van der Waals surface area contributed by atoms with Crippen LogP contribution in [0.25, 0.3) is 0 Å². The van der Waals surface area contributed by atoms with E-state index in [1.54, 1.807) is 34.3 Å². The fourth-order valence-electron chi connectivity index (χ4n) is 3.55. The van der Waals surface area contributed by atoms with Gasteiger partial charge in [-0.2, -0.15) is 0 Å². The summed E-state index contributed by atoms with van der Waals surface area (Å²) in [6, 6.07) is 1.72. The normalized spacial score (nSPS) is 23.7. The molecule has 4 nitrogen and oxygen atoms in total. The van der Waals surface area contributed by atoms with E-state index in [1.807, 2.05) is 0 Å².